The number of carbonyl (C=O) groups excluding carboxylic acids is 2. The molecule has 1 amide bonds. The van der Waals surface area contributed by atoms with Gasteiger partial charge in [-0.25, -0.2) is 17.5 Å². The number of anilines is 1. The lowest BCUT2D eigenvalue weighted by atomic mass is 10.2. The molecule has 0 unspecified atom stereocenters. The van der Waals surface area contributed by atoms with E-state index in [-0.39, 0.29) is 4.90 Å². The van der Waals surface area contributed by atoms with Crippen LogP contribution in [0, 0.1) is 20.8 Å². The van der Waals surface area contributed by atoms with Gasteiger partial charge >= 0.3 is 5.97 Å². The minimum Gasteiger partial charge on any atom is -0.467 e. The molecule has 10 heteroatoms. The molecule has 2 heterocycles. The molecule has 0 fully saturated rings. The summed E-state index contributed by atoms with van der Waals surface area (Å²) in [6.07, 6.45) is 1.59. The lowest BCUT2D eigenvalue weighted by Gasteiger charge is -2.14. The maximum atomic E-state index is 12.6. The Labute approximate surface area is 193 Å². The van der Waals surface area contributed by atoms with E-state index >= 15 is 0 Å². The third-order valence-electron chi connectivity index (χ3n) is 5.28. The average Bonchev–Trinajstić information content (AvgIpc) is 3.37. The molecular weight excluding hydrogens is 446 g/mol. The topological polar surface area (TPSA) is 111 Å². The molecule has 0 aliphatic rings. The smallest absolute Gasteiger partial charge is 0.340 e. The van der Waals surface area contributed by atoms with Crippen molar-refractivity contribution in [3.63, 3.8) is 0 Å². The zero-order valence-electron chi connectivity index (χ0n) is 19.2. The number of rotatable bonds is 8. The van der Waals surface area contributed by atoms with Crippen LogP contribution >= 0.6 is 0 Å². The van der Waals surface area contributed by atoms with Crippen LogP contribution in [0.1, 0.15) is 33.1 Å². The monoisotopic (exact) mass is 473 g/mol. The molecule has 3 aromatic rings. The van der Waals surface area contributed by atoms with Gasteiger partial charge in [0.2, 0.25) is 10.0 Å². The Bertz CT molecular complexity index is 1270. The third kappa shape index (κ3) is 5.35. The Hall–Kier alpha value is -3.37. The van der Waals surface area contributed by atoms with Crippen LogP contribution in [-0.4, -0.2) is 49.9 Å². The Morgan fingerprint density at radius 2 is 1.85 bits per heavy atom. The van der Waals surface area contributed by atoms with Gasteiger partial charge in [0, 0.05) is 31.2 Å². The van der Waals surface area contributed by atoms with Crippen molar-refractivity contribution in [1.82, 2.24) is 8.87 Å². The molecule has 0 bridgehead atoms. The number of ether oxygens (including phenoxy) is 1. The van der Waals surface area contributed by atoms with Crippen LogP contribution in [0.2, 0.25) is 0 Å². The Balaban J connectivity index is 1.67. The molecule has 176 valence electrons. The van der Waals surface area contributed by atoms with Gasteiger partial charge in [-0.1, -0.05) is 6.07 Å². The first-order chi connectivity index (χ1) is 15.5. The van der Waals surface area contributed by atoms with Crippen molar-refractivity contribution in [3.8, 4) is 0 Å². The van der Waals surface area contributed by atoms with Gasteiger partial charge in [0.25, 0.3) is 5.91 Å². The van der Waals surface area contributed by atoms with Gasteiger partial charge in [0.05, 0.1) is 23.3 Å². The summed E-state index contributed by atoms with van der Waals surface area (Å²) in [7, 11) is -0.793. The Morgan fingerprint density at radius 3 is 2.48 bits per heavy atom. The van der Waals surface area contributed by atoms with E-state index in [0.717, 1.165) is 15.8 Å². The van der Waals surface area contributed by atoms with Crippen LogP contribution < -0.4 is 5.32 Å². The largest absolute Gasteiger partial charge is 0.467 e. The van der Waals surface area contributed by atoms with Crippen LogP contribution in [0.25, 0.3) is 0 Å². The average molecular weight is 474 g/mol. The van der Waals surface area contributed by atoms with Gasteiger partial charge < -0.3 is 19.0 Å². The first kappa shape index (κ1) is 24.3. The molecule has 0 radical (unpaired) electrons. The van der Waals surface area contributed by atoms with Gasteiger partial charge in [0.1, 0.15) is 5.76 Å². The van der Waals surface area contributed by atoms with E-state index in [1.54, 1.807) is 38.3 Å². The van der Waals surface area contributed by atoms with Gasteiger partial charge in [-0.3, -0.25) is 4.79 Å². The van der Waals surface area contributed by atoms with E-state index in [1.807, 2.05) is 17.6 Å². The Kier molecular flexibility index (Phi) is 7.09. The van der Waals surface area contributed by atoms with E-state index in [4.69, 9.17) is 9.15 Å². The molecule has 3 rings (SSSR count). The predicted molar refractivity (Wildman–Crippen MR) is 123 cm³/mol. The van der Waals surface area contributed by atoms with Crippen molar-refractivity contribution in [2.45, 2.75) is 32.2 Å². The summed E-state index contributed by atoms with van der Waals surface area (Å²) in [5, 5.41) is 2.61. The quantitative estimate of drug-likeness (QED) is 0.504. The number of aromatic nitrogens is 1. The second kappa shape index (κ2) is 9.63. The van der Waals surface area contributed by atoms with E-state index in [1.165, 1.54) is 26.2 Å². The number of esters is 1. The third-order valence-corrected chi connectivity index (χ3v) is 7.09. The van der Waals surface area contributed by atoms with Crippen LogP contribution in [0.3, 0.4) is 0 Å². The molecule has 33 heavy (non-hydrogen) atoms. The van der Waals surface area contributed by atoms with Gasteiger partial charge in [-0.05, 0) is 56.7 Å². The molecule has 9 nitrogen and oxygen atoms in total. The summed E-state index contributed by atoms with van der Waals surface area (Å²) in [5.41, 5.74) is 2.92. The molecule has 0 saturated carbocycles. The fourth-order valence-corrected chi connectivity index (χ4v) is 4.24. The number of hydrogen-bond donors (Lipinski definition) is 1. The highest BCUT2D eigenvalue weighted by Gasteiger charge is 2.21. The number of nitrogens with zero attached hydrogens (tertiary/aromatic N) is 2. The van der Waals surface area contributed by atoms with Crippen molar-refractivity contribution in [2.24, 2.45) is 0 Å². The molecule has 2 aromatic heterocycles. The second-order valence-corrected chi connectivity index (χ2v) is 9.99. The van der Waals surface area contributed by atoms with Crippen LogP contribution in [-0.2, 0) is 26.1 Å². The first-order valence-corrected chi connectivity index (χ1v) is 11.6. The maximum Gasteiger partial charge on any atom is 0.340 e. The SMILES string of the molecule is Cc1ccc(S(=O)(=O)N(C)C)cc1NC(=O)COC(=O)c1cc(C)n(Cc2ccco2)c1C. The van der Waals surface area contributed by atoms with E-state index in [0.29, 0.717) is 29.1 Å². The number of sulfonamides is 1. The minimum atomic E-state index is -3.65. The van der Waals surface area contributed by atoms with Gasteiger partial charge in [0.15, 0.2) is 6.61 Å². The normalized spacial score (nSPS) is 11.6. The second-order valence-electron chi connectivity index (χ2n) is 7.84. The van der Waals surface area contributed by atoms with Crippen molar-refractivity contribution in [2.75, 3.05) is 26.0 Å². The molecule has 1 aromatic carbocycles. The molecule has 0 spiro atoms. The van der Waals surface area contributed by atoms with Gasteiger partial charge in [-0.15, -0.1) is 0 Å². The van der Waals surface area contributed by atoms with E-state index < -0.39 is 28.5 Å². The highest BCUT2D eigenvalue weighted by molar-refractivity contribution is 7.89. The number of amides is 1. The number of carbonyl (C=O) groups is 2. The first-order valence-electron chi connectivity index (χ1n) is 10.2. The number of furan rings is 1. The van der Waals surface area contributed by atoms with Crippen LogP contribution in [0.15, 0.2) is 52.0 Å². The predicted octanol–water partition coefficient (Wildman–Crippen LogP) is 3.10. The Morgan fingerprint density at radius 1 is 1.12 bits per heavy atom. The molecule has 0 aliphatic carbocycles. The fourth-order valence-electron chi connectivity index (χ4n) is 3.31. The highest BCUT2D eigenvalue weighted by Crippen LogP contribution is 2.22. The molecule has 0 saturated heterocycles. The van der Waals surface area contributed by atoms with Crippen molar-refractivity contribution in [1.29, 1.82) is 0 Å². The standard InChI is InChI=1S/C23H27N3O6S/c1-15-8-9-19(33(29,30)25(4)5)12-21(15)24-22(27)14-32-23(28)20-11-16(2)26(17(20)3)13-18-7-6-10-31-18/h6-12H,13-14H2,1-5H3,(H,24,27). The van der Waals surface area contributed by atoms with Gasteiger partial charge in [-0.2, -0.15) is 0 Å². The van der Waals surface area contributed by atoms with Crippen molar-refractivity contribution < 1.29 is 27.2 Å². The minimum absolute atomic E-state index is 0.0504. The van der Waals surface area contributed by atoms with Crippen LogP contribution in [0.4, 0.5) is 5.69 Å². The van der Waals surface area contributed by atoms with Crippen molar-refractivity contribution >= 4 is 27.6 Å². The number of aryl methyl sites for hydroxylation is 2. The summed E-state index contributed by atoms with van der Waals surface area (Å²) in [5.74, 6) is -0.440. The van der Waals surface area contributed by atoms with E-state index in [2.05, 4.69) is 5.32 Å². The summed E-state index contributed by atoms with van der Waals surface area (Å²) < 4.78 is 38.3. The van der Waals surface area contributed by atoms with E-state index in [9.17, 15) is 18.0 Å². The zero-order chi connectivity index (χ0) is 24.3. The lowest BCUT2D eigenvalue weighted by molar-refractivity contribution is -0.119. The highest BCUT2D eigenvalue weighted by atomic mass is 32.2. The summed E-state index contributed by atoms with van der Waals surface area (Å²) in [6.45, 7) is 5.37. The number of benzene rings is 1. The fraction of sp³-hybridized carbons (Fsp3) is 0.304. The summed E-state index contributed by atoms with van der Waals surface area (Å²) >= 11 is 0. The summed E-state index contributed by atoms with van der Waals surface area (Å²) in [6, 6.07) is 9.81. The maximum absolute atomic E-state index is 12.6. The lowest BCUT2D eigenvalue weighted by Crippen LogP contribution is -2.24. The molecule has 1 N–H and O–H groups in total. The number of hydrogen-bond acceptors (Lipinski definition) is 6. The molecule has 0 atom stereocenters. The number of nitrogens with one attached hydrogen (secondary N) is 1. The molecular formula is C23H27N3O6S. The summed E-state index contributed by atoms with van der Waals surface area (Å²) in [4.78, 5) is 25.0. The van der Waals surface area contributed by atoms with Crippen molar-refractivity contribution in [3.05, 3.63) is 70.9 Å². The molecule has 0 aliphatic heterocycles. The van der Waals surface area contributed by atoms with Crippen LogP contribution in [0.5, 0.6) is 0 Å². The zero-order valence-corrected chi connectivity index (χ0v) is 20.0.